The zero-order chi connectivity index (χ0) is 18.0. The number of aromatic nitrogens is 2. The predicted molar refractivity (Wildman–Crippen MR) is 94.3 cm³/mol. The molecule has 1 aliphatic carbocycles. The number of anilines is 1. The molecular formula is C16H25N7O2. The van der Waals surface area contributed by atoms with Crippen molar-refractivity contribution in [3.05, 3.63) is 12.4 Å². The molecule has 25 heavy (non-hydrogen) atoms. The van der Waals surface area contributed by atoms with E-state index in [-0.39, 0.29) is 24.9 Å². The number of aliphatic imine (C=N–C) groups is 1. The SMILES string of the molecule is CN(C)C(=O)CN=C(NC1CC1)N1CCN(c2cnn(C)c2)C(=O)C1. The highest BCUT2D eigenvalue weighted by Gasteiger charge is 2.30. The number of hydrogen-bond acceptors (Lipinski definition) is 4. The molecule has 1 saturated heterocycles. The standard InChI is InChI=1S/C16H25N7O2/c1-20(2)14(24)9-17-16(19-12-4-5-12)22-6-7-23(15(25)11-22)13-8-18-21(3)10-13/h8,10,12H,4-7,9,11H2,1-3H3,(H,17,19). The summed E-state index contributed by atoms with van der Waals surface area (Å²) in [6, 6.07) is 0.402. The lowest BCUT2D eigenvalue weighted by atomic mass is 10.3. The summed E-state index contributed by atoms with van der Waals surface area (Å²) in [5.74, 6) is 0.593. The Morgan fingerprint density at radius 3 is 2.72 bits per heavy atom. The number of aryl methyl sites for hydroxylation is 1. The van der Waals surface area contributed by atoms with Crippen molar-refractivity contribution in [3.8, 4) is 0 Å². The fourth-order valence-electron chi connectivity index (χ4n) is 2.61. The zero-order valence-corrected chi connectivity index (χ0v) is 15.0. The van der Waals surface area contributed by atoms with Crippen LogP contribution in [-0.2, 0) is 16.6 Å². The second-order valence-electron chi connectivity index (χ2n) is 6.69. The summed E-state index contributed by atoms with van der Waals surface area (Å²) < 4.78 is 1.68. The fraction of sp³-hybridized carbons (Fsp3) is 0.625. The van der Waals surface area contributed by atoms with Gasteiger partial charge in [-0.05, 0) is 12.8 Å². The Balaban J connectivity index is 1.67. The monoisotopic (exact) mass is 347 g/mol. The summed E-state index contributed by atoms with van der Waals surface area (Å²) in [5.41, 5.74) is 0.809. The Morgan fingerprint density at radius 2 is 2.16 bits per heavy atom. The summed E-state index contributed by atoms with van der Waals surface area (Å²) in [6.45, 7) is 1.55. The van der Waals surface area contributed by atoms with Crippen molar-refractivity contribution < 1.29 is 9.59 Å². The van der Waals surface area contributed by atoms with E-state index in [2.05, 4.69) is 15.4 Å². The number of carbonyl (C=O) groups excluding carboxylic acids is 2. The van der Waals surface area contributed by atoms with Crippen molar-refractivity contribution in [2.45, 2.75) is 18.9 Å². The maximum Gasteiger partial charge on any atom is 0.246 e. The zero-order valence-electron chi connectivity index (χ0n) is 15.0. The number of rotatable bonds is 4. The highest BCUT2D eigenvalue weighted by molar-refractivity contribution is 5.98. The van der Waals surface area contributed by atoms with Crippen LogP contribution >= 0.6 is 0 Å². The first-order chi connectivity index (χ1) is 11.9. The van der Waals surface area contributed by atoms with Crippen molar-refractivity contribution in [2.24, 2.45) is 12.0 Å². The van der Waals surface area contributed by atoms with Gasteiger partial charge in [-0.15, -0.1) is 0 Å². The number of nitrogens with zero attached hydrogens (tertiary/aromatic N) is 6. The summed E-state index contributed by atoms with van der Waals surface area (Å²) in [7, 11) is 5.25. The normalized spacial score (nSPS) is 18.5. The van der Waals surface area contributed by atoms with Gasteiger partial charge < -0.3 is 20.0 Å². The van der Waals surface area contributed by atoms with Crippen LogP contribution in [0.25, 0.3) is 0 Å². The van der Waals surface area contributed by atoms with E-state index in [0.29, 0.717) is 25.1 Å². The molecule has 1 aromatic heterocycles. The Bertz CT molecular complexity index is 678. The van der Waals surface area contributed by atoms with Gasteiger partial charge in [-0.3, -0.25) is 14.3 Å². The number of piperazine rings is 1. The van der Waals surface area contributed by atoms with Gasteiger partial charge >= 0.3 is 0 Å². The largest absolute Gasteiger partial charge is 0.353 e. The third-order valence-electron chi connectivity index (χ3n) is 4.30. The number of likely N-dealkylation sites (N-methyl/N-ethyl adjacent to an activating group) is 1. The topological polar surface area (TPSA) is 86.1 Å². The smallest absolute Gasteiger partial charge is 0.246 e. The second kappa shape index (κ2) is 7.12. The lowest BCUT2D eigenvalue weighted by Gasteiger charge is -2.35. The first-order valence-electron chi connectivity index (χ1n) is 8.49. The van der Waals surface area contributed by atoms with Gasteiger partial charge in [-0.25, -0.2) is 4.99 Å². The van der Waals surface area contributed by atoms with Gasteiger partial charge in [0, 0.05) is 46.5 Å². The van der Waals surface area contributed by atoms with Crippen LogP contribution < -0.4 is 10.2 Å². The number of guanidine groups is 1. The molecule has 1 saturated carbocycles. The minimum atomic E-state index is -0.0598. The second-order valence-corrected chi connectivity index (χ2v) is 6.69. The molecule has 1 aliphatic heterocycles. The van der Waals surface area contributed by atoms with E-state index in [4.69, 9.17) is 0 Å². The first-order valence-corrected chi connectivity index (χ1v) is 8.49. The van der Waals surface area contributed by atoms with Gasteiger partial charge in [-0.1, -0.05) is 0 Å². The fourth-order valence-corrected chi connectivity index (χ4v) is 2.61. The molecule has 0 spiro atoms. The van der Waals surface area contributed by atoms with E-state index in [1.165, 1.54) is 4.90 Å². The summed E-state index contributed by atoms with van der Waals surface area (Å²) in [6.07, 6.45) is 5.73. The summed E-state index contributed by atoms with van der Waals surface area (Å²) in [4.78, 5) is 34.0. The van der Waals surface area contributed by atoms with E-state index in [9.17, 15) is 9.59 Å². The minimum absolute atomic E-state index is 0.00323. The molecule has 9 nitrogen and oxygen atoms in total. The number of nitrogens with one attached hydrogen (secondary N) is 1. The molecule has 2 heterocycles. The average Bonchev–Trinajstić information content (AvgIpc) is 3.29. The van der Waals surface area contributed by atoms with E-state index < -0.39 is 0 Å². The molecule has 9 heteroatoms. The third kappa shape index (κ3) is 4.28. The Hall–Kier alpha value is -2.58. The lowest BCUT2D eigenvalue weighted by molar-refractivity contribution is -0.127. The summed E-state index contributed by atoms with van der Waals surface area (Å²) >= 11 is 0. The third-order valence-corrected chi connectivity index (χ3v) is 4.30. The van der Waals surface area contributed by atoms with Gasteiger partial charge in [0.2, 0.25) is 11.8 Å². The van der Waals surface area contributed by atoms with Gasteiger partial charge in [0.25, 0.3) is 0 Å². The maximum absolute atomic E-state index is 12.6. The van der Waals surface area contributed by atoms with Crippen LogP contribution in [-0.4, -0.2) is 83.7 Å². The van der Waals surface area contributed by atoms with Gasteiger partial charge in [0.15, 0.2) is 5.96 Å². The molecule has 1 aromatic rings. The highest BCUT2D eigenvalue weighted by Crippen LogP contribution is 2.20. The Morgan fingerprint density at radius 1 is 1.40 bits per heavy atom. The van der Waals surface area contributed by atoms with E-state index in [1.807, 2.05) is 18.1 Å². The minimum Gasteiger partial charge on any atom is -0.353 e. The molecule has 136 valence electrons. The van der Waals surface area contributed by atoms with E-state index in [1.54, 1.807) is 29.9 Å². The Kier molecular flexibility index (Phi) is 4.91. The molecule has 2 aliphatic rings. The van der Waals surface area contributed by atoms with Gasteiger partial charge in [0.1, 0.15) is 13.1 Å². The van der Waals surface area contributed by atoms with Crippen LogP contribution in [0, 0.1) is 0 Å². The molecule has 0 aromatic carbocycles. The molecule has 2 amide bonds. The van der Waals surface area contributed by atoms with Gasteiger partial charge in [-0.2, -0.15) is 5.10 Å². The molecule has 0 atom stereocenters. The van der Waals surface area contributed by atoms with Crippen molar-refractivity contribution in [2.75, 3.05) is 45.2 Å². The molecule has 0 bridgehead atoms. The van der Waals surface area contributed by atoms with E-state index >= 15 is 0 Å². The molecule has 0 radical (unpaired) electrons. The van der Waals surface area contributed by atoms with Gasteiger partial charge in [0.05, 0.1) is 11.9 Å². The van der Waals surface area contributed by atoms with Crippen LogP contribution in [0.1, 0.15) is 12.8 Å². The number of hydrogen-bond donors (Lipinski definition) is 1. The van der Waals surface area contributed by atoms with Crippen molar-refractivity contribution in [1.82, 2.24) is 24.9 Å². The van der Waals surface area contributed by atoms with Crippen LogP contribution in [0.5, 0.6) is 0 Å². The highest BCUT2D eigenvalue weighted by atomic mass is 16.2. The van der Waals surface area contributed by atoms with Crippen LogP contribution in [0.2, 0.25) is 0 Å². The lowest BCUT2D eigenvalue weighted by Crippen LogP contribution is -2.55. The van der Waals surface area contributed by atoms with E-state index in [0.717, 1.165) is 18.5 Å². The van der Waals surface area contributed by atoms with Crippen LogP contribution in [0.15, 0.2) is 17.4 Å². The number of carbonyl (C=O) groups is 2. The Labute approximate surface area is 147 Å². The molecular weight excluding hydrogens is 322 g/mol. The molecule has 2 fully saturated rings. The quantitative estimate of drug-likeness (QED) is 0.573. The average molecular weight is 347 g/mol. The molecule has 3 rings (SSSR count). The molecule has 0 unspecified atom stereocenters. The number of amides is 2. The first kappa shape index (κ1) is 17.2. The van der Waals surface area contributed by atoms with Crippen molar-refractivity contribution in [3.63, 3.8) is 0 Å². The maximum atomic E-state index is 12.6. The van der Waals surface area contributed by atoms with Crippen LogP contribution in [0.3, 0.4) is 0 Å². The molecule has 1 N–H and O–H groups in total. The van der Waals surface area contributed by atoms with Crippen LogP contribution in [0.4, 0.5) is 5.69 Å². The predicted octanol–water partition coefficient (Wildman–Crippen LogP) is -0.735. The van der Waals surface area contributed by atoms with Crippen molar-refractivity contribution in [1.29, 1.82) is 0 Å². The summed E-state index contributed by atoms with van der Waals surface area (Å²) in [5, 5.41) is 7.48. The van der Waals surface area contributed by atoms with Crippen molar-refractivity contribution >= 4 is 23.5 Å².